The van der Waals surface area contributed by atoms with E-state index in [1.807, 2.05) is 19.1 Å². The van der Waals surface area contributed by atoms with Crippen molar-refractivity contribution in [1.82, 2.24) is 0 Å². The molecule has 0 saturated carbocycles. The van der Waals surface area contributed by atoms with Gasteiger partial charge in [0.15, 0.2) is 0 Å². The molecule has 0 atom stereocenters. The predicted octanol–water partition coefficient (Wildman–Crippen LogP) is 4.39. The summed E-state index contributed by atoms with van der Waals surface area (Å²) in [6.07, 6.45) is 0. The van der Waals surface area contributed by atoms with E-state index in [-0.39, 0.29) is 11.4 Å². The largest absolute Gasteiger partial charge is 0.465 e. The third kappa shape index (κ3) is 2.95. The Kier molecular flexibility index (Phi) is 4.10. The van der Waals surface area contributed by atoms with E-state index in [4.69, 9.17) is 10.5 Å². The quantitative estimate of drug-likeness (QED) is 0.837. The fourth-order valence-corrected chi connectivity index (χ4v) is 3.29. The summed E-state index contributed by atoms with van der Waals surface area (Å²) in [5, 5.41) is 0.509. The maximum atomic E-state index is 12.0. The minimum absolute atomic E-state index is 0.104. The fraction of sp³-hybridized carbons (Fsp3) is 0.353. The van der Waals surface area contributed by atoms with Crippen molar-refractivity contribution in [2.45, 2.75) is 33.1 Å². The van der Waals surface area contributed by atoms with Gasteiger partial charge in [-0.05, 0) is 23.5 Å². The first-order valence-corrected chi connectivity index (χ1v) is 7.65. The number of esters is 1. The Balaban J connectivity index is 2.55. The van der Waals surface area contributed by atoms with Gasteiger partial charge in [-0.3, -0.25) is 0 Å². The molecule has 0 radical (unpaired) electrons. The molecular formula is C17H21NO2S. The Hall–Kier alpha value is -1.81. The highest BCUT2D eigenvalue weighted by Gasteiger charge is 2.22. The van der Waals surface area contributed by atoms with E-state index in [0.29, 0.717) is 10.6 Å². The van der Waals surface area contributed by atoms with Crippen molar-refractivity contribution in [3.05, 3.63) is 40.3 Å². The van der Waals surface area contributed by atoms with E-state index >= 15 is 0 Å². The molecule has 1 aromatic heterocycles. The summed E-state index contributed by atoms with van der Waals surface area (Å²) in [7, 11) is 1.38. The van der Waals surface area contributed by atoms with Crippen LogP contribution < -0.4 is 5.73 Å². The Morgan fingerprint density at radius 2 is 1.76 bits per heavy atom. The Bertz CT molecular complexity index is 663. The lowest BCUT2D eigenvalue weighted by atomic mass is 9.86. The van der Waals surface area contributed by atoms with Gasteiger partial charge in [-0.25, -0.2) is 4.79 Å². The van der Waals surface area contributed by atoms with Crippen molar-refractivity contribution >= 4 is 22.3 Å². The van der Waals surface area contributed by atoms with Crippen molar-refractivity contribution in [2.24, 2.45) is 0 Å². The molecule has 0 amide bonds. The molecule has 112 valence electrons. The topological polar surface area (TPSA) is 52.3 Å². The number of rotatable bonds is 2. The number of nitrogen functional groups attached to an aromatic ring is 1. The molecule has 0 aliphatic heterocycles. The van der Waals surface area contributed by atoms with E-state index in [1.54, 1.807) is 0 Å². The van der Waals surface area contributed by atoms with Gasteiger partial charge in [0.2, 0.25) is 0 Å². The third-order valence-electron chi connectivity index (χ3n) is 3.54. The molecule has 2 rings (SSSR count). The van der Waals surface area contributed by atoms with Crippen LogP contribution in [0.2, 0.25) is 0 Å². The number of ether oxygens (including phenoxy) is 1. The molecule has 0 aliphatic rings. The number of benzene rings is 1. The molecule has 0 unspecified atom stereocenters. The number of methoxy groups -OCH3 is 1. The summed E-state index contributed by atoms with van der Waals surface area (Å²) in [4.78, 5) is 13.0. The number of hydrogen-bond donors (Lipinski definition) is 1. The van der Waals surface area contributed by atoms with Crippen LogP contribution in [0.15, 0.2) is 24.3 Å². The summed E-state index contributed by atoms with van der Waals surface area (Å²) < 4.78 is 4.86. The van der Waals surface area contributed by atoms with Gasteiger partial charge in [0.05, 0.1) is 7.11 Å². The van der Waals surface area contributed by atoms with Gasteiger partial charge in [-0.15, -0.1) is 11.3 Å². The monoisotopic (exact) mass is 303 g/mol. The molecule has 0 fully saturated rings. The molecule has 0 bridgehead atoms. The minimum Gasteiger partial charge on any atom is -0.465 e. The summed E-state index contributed by atoms with van der Waals surface area (Å²) in [6, 6.07) is 8.29. The molecule has 4 heteroatoms. The number of carbonyl (C=O) groups is 1. The summed E-state index contributed by atoms with van der Waals surface area (Å²) in [5.74, 6) is -0.383. The zero-order valence-electron chi connectivity index (χ0n) is 13.1. The molecule has 0 spiro atoms. The number of carbonyl (C=O) groups excluding carboxylic acids is 1. The standard InChI is InChI=1S/C17H21NO2S/c1-10-13(14(15(18)21-10)16(19)20-5)11-6-8-12(9-7-11)17(2,3)4/h6-9H,18H2,1-5H3. The van der Waals surface area contributed by atoms with Crippen LogP contribution in [0.5, 0.6) is 0 Å². The highest BCUT2D eigenvalue weighted by molar-refractivity contribution is 7.16. The van der Waals surface area contributed by atoms with Gasteiger partial charge >= 0.3 is 5.97 Å². The average molecular weight is 303 g/mol. The van der Waals surface area contributed by atoms with Crippen molar-refractivity contribution in [3.8, 4) is 11.1 Å². The molecule has 1 aromatic carbocycles. The lowest BCUT2D eigenvalue weighted by Crippen LogP contribution is -2.10. The lowest BCUT2D eigenvalue weighted by Gasteiger charge is -2.19. The molecule has 2 aromatic rings. The van der Waals surface area contributed by atoms with Gasteiger partial charge in [0, 0.05) is 10.4 Å². The van der Waals surface area contributed by atoms with Gasteiger partial charge < -0.3 is 10.5 Å². The molecule has 1 heterocycles. The minimum atomic E-state index is -0.383. The van der Waals surface area contributed by atoms with Crippen LogP contribution in [0.25, 0.3) is 11.1 Å². The van der Waals surface area contributed by atoms with E-state index in [9.17, 15) is 4.79 Å². The summed E-state index contributed by atoms with van der Waals surface area (Å²) in [6.45, 7) is 8.50. The van der Waals surface area contributed by atoms with Crippen LogP contribution >= 0.6 is 11.3 Å². The van der Waals surface area contributed by atoms with Gasteiger partial charge in [0.25, 0.3) is 0 Å². The molecule has 0 saturated heterocycles. The van der Waals surface area contributed by atoms with Crippen LogP contribution in [0.4, 0.5) is 5.00 Å². The summed E-state index contributed by atoms with van der Waals surface area (Å²) in [5.41, 5.74) is 9.68. The molecular weight excluding hydrogens is 282 g/mol. The zero-order chi connectivity index (χ0) is 15.8. The van der Waals surface area contributed by atoms with E-state index in [0.717, 1.165) is 16.0 Å². The fourth-order valence-electron chi connectivity index (χ4n) is 2.36. The second-order valence-electron chi connectivity index (χ2n) is 6.09. The SMILES string of the molecule is COC(=O)c1c(N)sc(C)c1-c1ccc(C(C)(C)C)cc1. The summed E-state index contributed by atoms with van der Waals surface area (Å²) >= 11 is 1.42. The molecule has 2 N–H and O–H groups in total. The number of anilines is 1. The first-order valence-electron chi connectivity index (χ1n) is 6.83. The molecule has 21 heavy (non-hydrogen) atoms. The highest BCUT2D eigenvalue weighted by Crippen LogP contribution is 2.39. The lowest BCUT2D eigenvalue weighted by molar-refractivity contribution is 0.0603. The second-order valence-corrected chi connectivity index (χ2v) is 7.35. The maximum absolute atomic E-state index is 12.0. The highest BCUT2D eigenvalue weighted by atomic mass is 32.1. The van der Waals surface area contributed by atoms with Crippen molar-refractivity contribution < 1.29 is 9.53 Å². The van der Waals surface area contributed by atoms with Gasteiger partial charge in [-0.1, -0.05) is 45.0 Å². The average Bonchev–Trinajstić information content (AvgIpc) is 2.71. The van der Waals surface area contributed by atoms with Crippen molar-refractivity contribution in [3.63, 3.8) is 0 Å². The second kappa shape index (κ2) is 5.53. The Morgan fingerprint density at radius 1 is 1.19 bits per heavy atom. The first kappa shape index (κ1) is 15.6. The molecule has 3 nitrogen and oxygen atoms in total. The van der Waals surface area contributed by atoms with Gasteiger partial charge in [-0.2, -0.15) is 0 Å². The number of nitrogens with two attached hydrogens (primary N) is 1. The molecule has 0 aliphatic carbocycles. The van der Waals surface area contributed by atoms with E-state index < -0.39 is 0 Å². The number of aryl methyl sites for hydroxylation is 1. The van der Waals surface area contributed by atoms with Crippen LogP contribution in [0, 0.1) is 6.92 Å². The normalized spacial score (nSPS) is 11.5. The van der Waals surface area contributed by atoms with Gasteiger partial charge in [0.1, 0.15) is 10.6 Å². The van der Waals surface area contributed by atoms with Crippen LogP contribution in [-0.2, 0) is 10.2 Å². The first-order chi connectivity index (χ1) is 9.75. The van der Waals surface area contributed by atoms with E-state index in [1.165, 1.54) is 24.0 Å². The third-order valence-corrected chi connectivity index (χ3v) is 4.47. The van der Waals surface area contributed by atoms with Crippen LogP contribution in [-0.4, -0.2) is 13.1 Å². The van der Waals surface area contributed by atoms with Crippen molar-refractivity contribution in [2.75, 3.05) is 12.8 Å². The smallest absolute Gasteiger partial charge is 0.341 e. The maximum Gasteiger partial charge on any atom is 0.341 e. The Labute approximate surface area is 129 Å². The van der Waals surface area contributed by atoms with Crippen LogP contribution in [0.1, 0.15) is 41.6 Å². The number of thiophene rings is 1. The number of hydrogen-bond acceptors (Lipinski definition) is 4. The van der Waals surface area contributed by atoms with Crippen molar-refractivity contribution in [1.29, 1.82) is 0 Å². The van der Waals surface area contributed by atoms with Crippen LogP contribution in [0.3, 0.4) is 0 Å². The predicted molar refractivity (Wildman–Crippen MR) is 88.9 cm³/mol. The van der Waals surface area contributed by atoms with E-state index in [2.05, 4.69) is 32.9 Å². The zero-order valence-corrected chi connectivity index (χ0v) is 13.9. The Morgan fingerprint density at radius 3 is 2.24 bits per heavy atom.